The molecule has 1 atom stereocenters. The van der Waals surface area contributed by atoms with E-state index in [0.29, 0.717) is 5.92 Å². The van der Waals surface area contributed by atoms with Crippen LogP contribution in [0.3, 0.4) is 0 Å². The van der Waals surface area contributed by atoms with E-state index in [1.54, 1.807) is 0 Å². The molecular formula is C17H27NO2. The van der Waals surface area contributed by atoms with E-state index in [-0.39, 0.29) is 18.6 Å². The van der Waals surface area contributed by atoms with Crippen LogP contribution in [-0.4, -0.2) is 18.6 Å². The molecule has 0 aliphatic rings. The van der Waals surface area contributed by atoms with Gasteiger partial charge in [0.25, 0.3) is 5.91 Å². The highest BCUT2D eigenvalue weighted by Crippen LogP contribution is 2.27. The van der Waals surface area contributed by atoms with Crippen LogP contribution in [0.2, 0.25) is 0 Å². The summed E-state index contributed by atoms with van der Waals surface area (Å²) in [6, 6.07) is 6.36. The minimum absolute atomic E-state index is 0.0536. The van der Waals surface area contributed by atoms with Gasteiger partial charge < -0.3 is 10.1 Å². The van der Waals surface area contributed by atoms with Crippen molar-refractivity contribution in [3.63, 3.8) is 0 Å². The van der Waals surface area contributed by atoms with Gasteiger partial charge in [0.2, 0.25) is 0 Å². The largest absolute Gasteiger partial charge is 0.483 e. The Hall–Kier alpha value is -1.51. The zero-order valence-corrected chi connectivity index (χ0v) is 13.3. The third-order valence-electron chi connectivity index (χ3n) is 3.28. The number of hydrogen-bond acceptors (Lipinski definition) is 2. The van der Waals surface area contributed by atoms with Crippen molar-refractivity contribution in [3.05, 3.63) is 29.3 Å². The molecule has 0 radical (unpaired) electrons. The van der Waals surface area contributed by atoms with E-state index in [4.69, 9.17) is 4.74 Å². The van der Waals surface area contributed by atoms with Gasteiger partial charge in [-0.2, -0.15) is 0 Å². The van der Waals surface area contributed by atoms with E-state index in [1.807, 2.05) is 19.9 Å². The van der Waals surface area contributed by atoms with E-state index in [0.717, 1.165) is 29.7 Å². The van der Waals surface area contributed by atoms with Crippen molar-refractivity contribution in [1.82, 2.24) is 5.32 Å². The fraction of sp³-hybridized carbons (Fsp3) is 0.588. The SMILES string of the molecule is CCC[C@@H](C)NC(=O)COc1cc(C)ccc1C(C)C. The molecule has 1 aromatic rings. The fourth-order valence-electron chi connectivity index (χ4n) is 2.21. The van der Waals surface area contributed by atoms with Crippen LogP contribution in [0.1, 0.15) is 57.6 Å². The first kappa shape index (κ1) is 16.5. The lowest BCUT2D eigenvalue weighted by atomic mass is 10.0. The Kier molecular flexibility index (Phi) is 6.56. The number of benzene rings is 1. The zero-order chi connectivity index (χ0) is 15.1. The average Bonchev–Trinajstić information content (AvgIpc) is 2.36. The molecule has 20 heavy (non-hydrogen) atoms. The summed E-state index contributed by atoms with van der Waals surface area (Å²) in [5.41, 5.74) is 2.29. The Balaban J connectivity index is 2.61. The van der Waals surface area contributed by atoms with Gasteiger partial charge in [0.1, 0.15) is 5.75 Å². The van der Waals surface area contributed by atoms with Gasteiger partial charge in [0.05, 0.1) is 0 Å². The second-order valence-electron chi connectivity index (χ2n) is 5.74. The Bertz CT molecular complexity index is 441. The highest BCUT2D eigenvalue weighted by atomic mass is 16.5. The molecule has 0 unspecified atom stereocenters. The summed E-state index contributed by atoms with van der Waals surface area (Å²) in [4.78, 5) is 11.8. The van der Waals surface area contributed by atoms with E-state index < -0.39 is 0 Å². The molecule has 3 heteroatoms. The maximum atomic E-state index is 11.8. The predicted octanol–water partition coefficient (Wildman–Crippen LogP) is 3.80. The van der Waals surface area contributed by atoms with E-state index in [9.17, 15) is 4.79 Å². The topological polar surface area (TPSA) is 38.3 Å². The number of hydrogen-bond donors (Lipinski definition) is 1. The molecule has 112 valence electrons. The number of carbonyl (C=O) groups is 1. The highest BCUT2D eigenvalue weighted by Gasteiger charge is 2.11. The molecule has 1 N–H and O–H groups in total. The molecule has 0 spiro atoms. The Morgan fingerprint density at radius 1 is 1.30 bits per heavy atom. The van der Waals surface area contributed by atoms with Crippen LogP contribution in [-0.2, 0) is 4.79 Å². The van der Waals surface area contributed by atoms with E-state index >= 15 is 0 Å². The van der Waals surface area contributed by atoms with Crippen LogP contribution >= 0.6 is 0 Å². The number of carbonyl (C=O) groups excluding carboxylic acids is 1. The normalized spacial score (nSPS) is 12.3. The molecule has 0 aliphatic carbocycles. The first-order valence-corrected chi connectivity index (χ1v) is 7.46. The summed E-state index contributed by atoms with van der Waals surface area (Å²) in [6.45, 7) is 10.5. The monoisotopic (exact) mass is 277 g/mol. The lowest BCUT2D eigenvalue weighted by molar-refractivity contribution is -0.123. The highest BCUT2D eigenvalue weighted by molar-refractivity contribution is 5.77. The first-order valence-electron chi connectivity index (χ1n) is 7.46. The van der Waals surface area contributed by atoms with Crippen molar-refractivity contribution in [3.8, 4) is 5.75 Å². The quantitative estimate of drug-likeness (QED) is 0.823. The molecule has 0 saturated heterocycles. The number of aryl methyl sites for hydroxylation is 1. The molecule has 0 saturated carbocycles. The van der Waals surface area contributed by atoms with Crippen LogP contribution in [0.5, 0.6) is 5.75 Å². The fourth-order valence-corrected chi connectivity index (χ4v) is 2.21. The summed E-state index contributed by atoms with van der Waals surface area (Å²) < 4.78 is 5.71. The van der Waals surface area contributed by atoms with Crippen molar-refractivity contribution >= 4 is 5.91 Å². The maximum Gasteiger partial charge on any atom is 0.258 e. The zero-order valence-electron chi connectivity index (χ0n) is 13.3. The van der Waals surface area contributed by atoms with Gasteiger partial charge in [-0.05, 0) is 43.4 Å². The second kappa shape index (κ2) is 7.93. The van der Waals surface area contributed by atoms with Gasteiger partial charge in [0.15, 0.2) is 6.61 Å². The predicted molar refractivity (Wildman–Crippen MR) is 83.3 cm³/mol. The third-order valence-corrected chi connectivity index (χ3v) is 3.28. The molecule has 0 aliphatic heterocycles. The van der Waals surface area contributed by atoms with Crippen LogP contribution < -0.4 is 10.1 Å². The standard InChI is InChI=1S/C17H27NO2/c1-6-7-14(5)18-17(19)11-20-16-10-13(4)8-9-15(16)12(2)3/h8-10,12,14H,6-7,11H2,1-5H3,(H,18,19)/t14-/m1/s1. The van der Waals surface area contributed by atoms with Crippen molar-refractivity contribution < 1.29 is 9.53 Å². The summed E-state index contributed by atoms with van der Waals surface area (Å²) in [5, 5.41) is 2.95. The summed E-state index contributed by atoms with van der Waals surface area (Å²) >= 11 is 0. The van der Waals surface area contributed by atoms with Gasteiger partial charge in [0, 0.05) is 6.04 Å². The lowest BCUT2D eigenvalue weighted by Gasteiger charge is -2.16. The van der Waals surface area contributed by atoms with Gasteiger partial charge in [-0.15, -0.1) is 0 Å². The summed E-state index contributed by atoms with van der Waals surface area (Å²) in [6.07, 6.45) is 2.06. The number of ether oxygens (including phenoxy) is 1. The minimum atomic E-state index is -0.0536. The lowest BCUT2D eigenvalue weighted by Crippen LogP contribution is -2.36. The molecular weight excluding hydrogens is 250 g/mol. The molecule has 3 nitrogen and oxygen atoms in total. The second-order valence-corrected chi connectivity index (χ2v) is 5.74. The smallest absolute Gasteiger partial charge is 0.258 e. The maximum absolute atomic E-state index is 11.8. The molecule has 0 aromatic heterocycles. The third kappa shape index (κ3) is 5.24. The van der Waals surface area contributed by atoms with Gasteiger partial charge in [-0.25, -0.2) is 0 Å². The van der Waals surface area contributed by atoms with Crippen molar-refractivity contribution in [2.45, 2.75) is 59.4 Å². The van der Waals surface area contributed by atoms with Crippen molar-refractivity contribution in [1.29, 1.82) is 0 Å². The van der Waals surface area contributed by atoms with Gasteiger partial charge in [-0.3, -0.25) is 4.79 Å². The van der Waals surface area contributed by atoms with Crippen LogP contribution in [0, 0.1) is 6.92 Å². The van der Waals surface area contributed by atoms with E-state index in [1.165, 1.54) is 0 Å². The molecule has 1 amide bonds. The minimum Gasteiger partial charge on any atom is -0.483 e. The van der Waals surface area contributed by atoms with Crippen LogP contribution in [0.15, 0.2) is 18.2 Å². The average molecular weight is 277 g/mol. The van der Waals surface area contributed by atoms with Crippen molar-refractivity contribution in [2.24, 2.45) is 0 Å². The summed E-state index contributed by atoms with van der Waals surface area (Å²) in [5.74, 6) is 1.15. The number of amides is 1. The van der Waals surface area contributed by atoms with Crippen LogP contribution in [0.25, 0.3) is 0 Å². The first-order chi connectivity index (χ1) is 9.43. The molecule has 1 aromatic carbocycles. The Labute approximate surface area is 122 Å². The Morgan fingerprint density at radius 2 is 2.00 bits per heavy atom. The molecule has 0 bridgehead atoms. The van der Waals surface area contributed by atoms with Crippen LogP contribution in [0.4, 0.5) is 0 Å². The number of rotatable bonds is 7. The Morgan fingerprint density at radius 3 is 2.60 bits per heavy atom. The number of nitrogens with one attached hydrogen (secondary N) is 1. The van der Waals surface area contributed by atoms with E-state index in [2.05, 4.69) is 38.2 Å². The van der Waals surface area contributed by atoms with Crippen molar-refractivity contribution in [2.75, 3.05) is 6.61 Å². The molecule has 0 fully saturated rings. The van der Waals surface area contributed by atoms with Gasteiger partial charge >= 0.3 is 0 Å². The molecule has 1 rings (SSSR count). The molecule has 0 heterocycles. The van der Waals surface area contributed by atoms with Gasteiger partial charge in [-0.1, -0.05) is 39.3 Å². The summed E-state index contributed by atoms with van der Waals surface area (Å²) in [7, 11) is 0.